The molecule has 2 aromatic carbocycles. The highest BCUT2D eigenvalue weighted by Crippen LogP contribution is 2.34. The Balaban J connectivity index is 1.46. The molecular weight excluding hydrogens is 455 g/mol. The van der Waals surface area contributed by atoms with Crippen molar-refractivity contribution >= 4 is 23.4 Å². The summed E-state index contributed by atoms with van der Waals surface area (Å²) in [4.78, 5) is 17.0. The van der Waals surface area contributed by atoms with E-state index >= 15 is 0 Å². The van der Waals surface area contributed by atoms with Crippen molar-refractivity contribution < 1.29 is 19.0 Å². The molecular formula is C23H22ClFN2O4S. The smallest absolute Gasteiger partial charge is 0.258 e. The molecule has 6 nitrogen and oxygen atoms in total. The SMILES string of the molecule is COc1cc(-n2cnc(SCc3ccc(Cl)cc3F)cc2=O)ccc1OCC(O)C1CC1. The van der Waals surface area contributed by atoms with E-state index in [2.05, 4.69) is 4.98 Å². The Bertz CT molecular complexity index is 1170. The summed E-state index contributed by atoms with van der Waals surface area (Å²) in [5.41, 5.74) is 0.770. The lowest BCUT2D eigenvalue weighted by molar-refractivity contribution is 0.0880. The molecule has 0 spiro atoms. The third-order valence-corrected chi connectivity index (χ3v) is 6.39. The number of nitrogens with zero attached hydrogens (tertiary/aromatic N) is 2. The van der Waals surface area contributed by atoms with Gasteiger partial charge in [-0.1, -0.05) is 17.7 Å². The van der Waals surface area contributed by atoms with E-state index in [1.54, 1.807) is 30.3 Å². The van der Waals surface area contributed by atoms with Crippen molar-refractivity contribution in [1.29, 1.82) is 0 Å². The van der Waals surface area contributed by atoms with Crippen LogP contribution < -0.4 is 15.0 Å². The molecule has 1 N–H and O–H groups in total. The molecule has 32 heavy (non-hydrogen) atoms. The predicted molar refractivity (Wildman–Crippen MR) is 122 cm³/mol. The van der Waals surface area contributed by atoms with Crippen LogP contribution in [0.3, 0.4) is 0 Å². The quantitative estimate of drug-likeness (QED) is 0.362. The van der Waals surface area contributed by atoms with Crippen molar-refractivity contribution in [1.82, 2.24) is 9.55 Å². The fraction of sp³-hybridized carbons (Fsp3) is 0.304. The van der Waals surface area contributed by atoms with E-state index < -0.39 is 11.9 Å². The minimum atomic E-state index is -0.488. The molecule has 1 fully saturated rings. The van der Waals surface area contributed by atoms with Crippen LogP contribution in [0.5, 0.6) is 11.5 Å². The lowest BCUT2D eigenvalue weighted by atomic mass is 10.2. The maximum atomic E-state index is 13.9. The zero-order valence-corrected chi connectivity index (χ0v) is 18.9. The molecule has 0 amide bonds. The van der Waals surface area contributed by atoms with Gasteiger partial charge in [0.25, 0.3) is 5.56 Å². The molecule has 4 rings (SSSR count). The van der Waals surface area contributed by atoms with Crippen LogP contribution >= 0.6 is 23.4 Å². The third-order valence-electron chi connectivity index (χ3n) is 5.18. The second-order valence-corrected chi connectivity index (χ2v) is 8.94. The van der Waals surface area contributed by atoms with Crippen molar-refractivity contribution in [3.8, 4) is 17.2 Å². The van der Waals surface area contributed by atoms with E-state index in [0.717, 1.165) is 12.8 Å². The van der Waals surface area contributed by atoms with Gasteiger partial charge in [0.1, 0.15) is 23.8 Å². The highest BCUT2D eigenvalue weighted by atomic mass is 35.5. The number of methoxy groups -OCH3 is 1. The van der Waals surface area contributed by atoms with E-state index in [9.17, 15) is 14.3 Å². The molecule has 0 bridgehead atoms. The Morgan fingerprint density at radius 2 is 2.06 bits per heavy atom. The van der Waals surface area contributed by atoms with E-state index in [4.69, 9.17) is 21.1 Å². The first-order valence-corrected chi connectivity index (χ1v) is 11.5. The molecule has 1 heterocycles. The number of hydrogen-bond acceptors (Lipinski definition) is 6. The molecule has 0 aliphatic heterocycles. The number of aliphatic hydroxyl groups is 1. The average molecular weight is 477 g/mol. The van der Waals surface area contributed by atoms with Crippen molar-refractivity contribution in [3.05, 3.63) is 75.5 Å². The topological polar surface area (TPSA) is 73.6 Å². The Kier molecular flexibility index (Phi) is 7.03. The standard InChI is InChI=1S/C23H22ClFN2O4S/c1-30-21-9-17(6-7-20(21)31-11-19(28)14-2-3-14)27-13-26-22(10-23(27)29)32-12-15-4-5-16(24)8-18(15)25/h4-10,13-14,19,28H,2-3,11-12H2,1H3. The second kappa shape index (κ2) is 9.94. The highest BCUT2D eigenvalue weighted by molar-refractivity contribution is 7.98. The number of benzene rings is 2. The number of thioether (sulfide) groups is 1. The molecule has 1 aromatic heterocycles. The Hall–Kier alpha value is -2.55. The summed E-state index contributed by atoms with van der Waals surface area (Å²) in [7, 11) is 1.51. The maximum absolute atomic E-state index is 13.9. The Morgan fingerprint density at radius 3 is 2.75 bits per heavy atom. The van der Waals surface area contributed by atoms with Crippen LogP contribution in [0.25, 0.3) is 5.69 Å². The summed E-state index contributed by atoms with van der Waals surface area (Å²) in [6.45, 7) is 0.196. The van der Waals surface area contributed by atoms with Crippen LogP contribution in [0.15, 0.2) is 58.6 Å². The van der Waals surface area contributed by atoms with Gasteiger partial charge in [0.05, 0.1) is 18.9 Å². The zero-order valence-electron chi connectivity index (χ0n) is 17.3. The molecule has 0 saturated heterocycles. The lowest BCUT2D eigenvalue weighted by Crippen LogP contribution is -2.20. The lowest BCUT2D eigenvalue weighted by Gasteiger charge is -2.15. The van der Waals surface area contributed by atoms with E-state index in [1.165, 1.54) is 41.9 Å². The van der Waals surface area contributed by atoms with Gasteiger partial charge in [-0.05, 0) is 48.6 Å². The van der Waals surface area contributed by atoms with Gasteiger partial charge in [-0.3, -0.25) is 9.36 Å². The zero-order chi connectivity index (χ0) is 22.7. The molecule has 1 atom stereocenters. The van der Waals surface area contributed by atoms with Gasteiger partial charge in [-0.15, -0.1) is 11.8 Å². The van der Waals surface area contributed by atoms with Crippen molar-refractivity contribution in [2.24, 2.45) is 5.92 Å². The summed E-state index contributed by atoms with van der Waals surface area (Å²) in [6, 6.07) is 11.0. The maximum Gasteiger partial charge on any atom is 0.258 e. The summed E-state index contributed by atoms with van der Waals surface area (Å²) in [5, 5.41) is 10.8. The van der Waals surface area contributed by atoms with E-state index in [1.807, 2.05) is 0 Å². The molecule has 1 aliphatic rings. The summed E-state index contributed by atoms with van der Waals surface area (Å²) < 4.78 is 26.4. The van der Waals surface area contributed by atoms with Crippen LogP contribution in [0, 0.1) is 11.7 Å². The van der Waals surface area contributed by atoms with Crippen LogP contribution in [0.4, 0.5) is 4.39 Å². The fourth-order valence-corrected chi connectivity index (χ4v) is 4.17. The number of ether oxygens (including phenoxy) is 2. The van der Waals surface area contributed by atoms with Crippen LogP contribution in [0.1, 0.15) is 18.4 Å². The summed E-state index contributed by atoms with van der Waals surface area (Å²) in [6.07, 6.45) is 2.99. The first-order valence-electron chi connectivity index (χ1n) is 10.1. The number of hydrogen-bond donors (Lipinski definition) is 1. The van der Waals surface area contributed by atoms with Crippen molar-refractivity contribution in [2.45, 2.75) is 29.7 Å². The van der Waals surface area contributed by atoms with E-state index in [0.29, 0.717) is 44.5 Å². The van der Waals surface area contributed by atoms with Crippen LogP contribution in [-0.4, -0.2) is 34.5 Å². The molecule has 1 unspecified atom stereocenters. The molecule has 1 aliphatic carbocycles. The largest absolute Gasteiger partial charge is 0.493 e. The molecule has 9 heteroatoms. The first kappa shape index (κ1) is 22.6. The minimum absolute atomic E-state index is 0.196. The molecule has 3 aromatic rings. The highest BCUT2D eigenvalue weighted by Gasteiger charge is 2.30. The van der Waals surface area contributed by atoms with Crippen molar-refractivity contribution in [3.63, 3.8) is 0 Å². The van der Waals surface area contributed by atoms with Gasteiger partial charge in [0.15, 0.2) is 11.5 Å². The third kappa shape index (κ3) is 5.43. The average Bonchev–Trinajstić information content (AvgIpc) is 3.62. The van der Waals surface area contributed by atoms with Gasteiger partial charge in [-0.25, -0.2) is 9.37 Å². The van der Waals surface area contributed by atoms with Gasteiger partial charge in [0, 0.05) is 22.9 Å². The predicted octanol–water partition coefficient (Wildman–Crippen LogP) is 4.48. The Labute approximate surface area is 194 Å². The van der Waals surface area contributed by atoms with E-state index in [-0.39, 0.29) is 12.2 Å². The number of halogens is 2. The van der Waals surface area contributed by atoms with Crippen LogP contribution in [0.2, 0.25) is 5.02 Å². The summed E-state index contributed by atoms with van der Waals surface area (Å²) >= 11 is 7.04. The number of rotatable bonds is 9. The normalized spacial score (nSPS) is 14.2. The first-order chi connectivity index (χ1) is 15.4. The van der Waals surface area contributed by atoms with Gasteiger partial charge in [-0.2, -0.15) is 0 Å². The van der Waals surface area contributed by atoms with Crippen LogP contribution in [-0.2, 0) is 5.75 Å². The van der Waals surface area contributed by atoms with Gasteiger partial charge < -0.3 is 14.6 Å². The molecule has 168 valence electrons. The minimum Gasteiger partial charge on any atom is -0.493 e. The van der Waals surface area contributed by atoms with Gasteiger partial charge in [0.2, 0.25) is 0 Å². The fourth-order valence-electron chi connectivity index (χ4n) is 3.16. The summed E-state index contributed by atoms with van der Waals surface area (Å²) in [5.74, 6) is 1.20. The molecule has 1 saturated carbocycles. The molecule has 0 radical (unpaired) electrons. The monoisotopic (exact) mass is 476 g/mol. The Morgan fingerprint density at radius 1 is 1.25 bits per heavy atom. The second-order valence-electron chi connectivity index (χ2n) is 7.51. The van der Waals surface area contributed by atoms with Crippen molar-refractivity contribution in [2.75, 3.05) is 13.7 Å². The number of aromatic nitrogens is 2. The van der Waals surface area contributed by atoms with Gasteiger partial charge >= 0.3 is 0 Å². The number of aliphatic hydroxyl groups excluding tert-OH is 1.